The lowest BCUT2D eigenvalue weighted by atomic mass is 10.0. The van der Waals surface area contributed by atoms with Gasteiger partial charge in [0, 0.05) is 23.1 Å². The summed E-state index contributed by atoms with van der Waals surface area (Å²) in [6.45, 7) is 0.499. The molecule has 2 rings (SSSR count). The van der Waals surface area contributed by atoms with Gasteiger partial charge in [0.2, 0.25) is 0 Å². The molecule has 1 aliphatic rings. The molecule has 0 aromatic carbocycles. The monoisotopic (exact) mass is 587 g/mol. The van der Waals surface area contributed by atoms with Gasteiger partial charge in [-0.25, -0.2) is 4.79 Å². The van der Waals surface area contributed by atoms with Crippen LogP contribution in [-0.4, -0.2) is 39.8 Å². The van der Waals surface area contributed by atoms with Crippen molar-refractivity contribution in [1.29, 1.82) is 0 Å². The number of nitrogens with zero attached hydrogens (tertiary/aromatic N) is 4. The lowest BCUT2D eigenvalue weighted by Gasteiger charge is -2.20. The van der Waals surface area contributed by atoms with E-state index in [4.69, 9.17) is 31.1 Å². The van der Waals surface area contributed by atoms with Crippen LogP contribution in [0.3, 0.4) is 0 Å². The van der Waals surface area contributed by atoms with Gasteiger partial charge in [-0.2, -0.15) is 0 Å². The summed E-state index contributed by atoms with van der Waals surface area (Å²) < 4.78 is 18.0. The summed E-state index contributed by atoms with van der Waals surface area (Å²) in [5.74, 6) is 0. The molecule has 1 unspecified atom stereocenters. The summed E-state index contributed by atoms with van der Waals surface area (Å²) >= 11 is 5.12. The molecule has 1 aliphatic heterocycles. The first-order valence-corrected chi connectivity index (χ1v) is 17.0. The van der Waals surface area contributed by atoms with Gasteiger partial charge in [0.25, 0.3) is 5.56 Å². The zero-order valence-corrected chi connectivity index (χ0v) is 25.2. The van der Waals surface area contributed by atoms with E-state index in [2.05, 4.69) is 21.9 Å². The summed E-state index contributed by atoms with van der Waals surface area (Å²) in [6, 6.07) is -0.639. The standard InChI is InChI=1S/C26H46N5O6PS/c1-3-4-5-6-7-8-9-10-11-12-13-14-15-16-17-35-38(34,39)36-20-23-22(29-30-27)18-24(37-23)31-19-21(2)25(32)28-26(31)33/h19,22-24H,3-18,20H2,1-2H3,(H,34,39)(H,28,32,33)/t22-,23+,24+,38?/m0/s1. The van der Waals surface area contributed by atoms with E-state index in [0.29, 0.717) is 12.2 Å². The van der Waals surface area contributed by atoms with Crippen molar-refractivity contribution in [2.75, 3.05) is 13.2 Å². The number of H-pyrrole nitrogens is 1. The van der Waals surface area contributed by atoms with Crippen LogP contribution in [-0.2, 0) is 25.6 Å². The summed E-state index contributed by atoms with van der Waals surface area (Å²) in [4.78, 5) is 39.4. The smallest absolute Gasteiger partial charge is 0.330 e. The van der Waals surface area contributed by atoms with Crippen LogP contribution >= 0.6 is 6.72 Å². The first kappa shape index (κ1) is 33.7. The third kappa shape index (κ3) is 13.1. The van der Waals surface area contributed by atoms with Gasteiger partial charge in [0.15, 0.2) is 0 Å². The predicted molar refractivity (Wildman–Crippen MR) is 156 cm³/mol. The van der Waals surface area contributed by atoms with E-state index in [1.54, 1.807) is 6.92 Å². The van der Waals surface area contributed by atoms with Crippen molar-refractivity contribution in [3.8, 4) is 0 Å². The Balaban J connectivity index is 1.60. The second-order valence-electron chi connectivity index (χ2n) is 10.3. The van der Waals surface area contributed by atoms with E-state index in [-0.39, 0.29) is 13.0 Å². The molecule has 2 N–H and O–H groups in total. The number of aromatic nitrogens is 2. The molecular formula is C26H46N5O6PS. The Kier molecular flexibility index (Phi) is 16.2. The van der Waals surface area contributed by atoms with Crippen molar-refractivity contribution in [2.24, 2.45) is 5.11 Å². The van der Waals surface area contributed by atoms with Gasteiger partial charge < -0.3 is 18.7 Å². The molecule has 0 bridgehead atoms. The minimum atomic E-state index is -3.49. The van der Waals surface area contributed by atoms with Gasteiger partial charge in [-0.05, 0) is 30.7 Å². The lowest BCUT2D eigenvalue weighted by molar-refractivity contribution is -0.0253. The molecule has 1 saturated heterocycles. The zero-order valence-electron chi connectivity index (χ0n) is 23.5. The molecule has 0 radical (unpaired) electrons. The molecule has 2 heterocycles. The molecule has 0 saturated carbocycles. The minimum Gasteiger partial charge on any atom is -0.352 e. The molecule has 39 heavy (non-hydrogen) atoms. The second-order valence-corrected chi connectivity index (χ2v) is 13.1. The topological polar surface area (TPSA) is 152 Å². The van der Waals surface area contributed by atoms with E-state index < -0.39 is 36.3 Å². The molecule has 0 spiro atoms. The number of nitrogens with one attached hydrogen (secondary N) is 1. The third-order valence-electron chi connectivity index (χ3n) is 7.01. The third-order valence-corrected chi connectivity index (χ3v) is 8.63. The number of hydrogen-bond donors (Lipinski definition) is 2. The lowest BCUT2D eigenvalue weighted by Crippen LogP contribution is -2.33. The molecular weight excluding hydrogens is 541 g/mol. The Labute approximate surface area is 236 Å². The SMILES string of the molecule is CCCCCCCCCCCCCCCCOP(O)(=S)OC[C@H]1O[C@@H](n2cc(C)c(=O)[nH]c2=O)C[C@@H]1N=[N+]=[N-]. The van der Waals surface area contributed by atoms with Gasteiger partial charge in [-0.15, -0.1) is 0 Å². The number of rotatable bonds is 21. The highest BCUT2D eigenvalue weighted by molar-refractivity contribution is 8.07. The average molecular weight is 588 g/mol. The zero-order chi connectivity index (χ0) is 28.5. The minimum absolute atomic E-state index is 0.149. The maximum absolute atomic E-state index is 12.2. The fourth-order valence-corrected chi connectivity index (χ4v) is 5.88. The van der Waals surface area contributed by atoms with Crippen LogP contribution in [0.1, 0.15) is 115 Å². The van der Waals surface area contributed by atoms with Gasteiger partial charge in [-0.3, -0.25) is 14.3 Å². The highest BCUT2D eigenvalue weighted by atomic mass is 32.5. The van der Waals surface area contributed by atoms with Crippen molar-refractivity contribution in [3.05, 3.63) is 43.0 Å². The second kappa shape index (κ2) is 18.8. The van der Waals surface area contributed by atoms with Crippen LogP contribution in [0, 0.1) is 6.92 Å². The average Bonchev–Trinajstić information content (AvgIpc) is 3.30. The first-order valence-electron chi connectivity index (χ1n) is 14.4. The normalized spacial score (nSPS) is 20.5. The van der Waals surface area contributed by atoms with Crippen molar-refractivity contribution in [2.45, 2.75) is 129 Å². The summed E-state index contributed by atoms with van der Waals surface area (Å²) in [6.07, 6.45) is 17.7. The first-order chi connectivity index (χ1) is 18.8. The van der Waals surface area contributed by atoms with E-state index in [1.165, 1.54) is 81.4 Å². The largest absolute Gasteiger partial charge is 0.352 e. The molecule has 13 heteroatoms. The number of aryl methyl sites for hydroxylation is 1. The van der Waals surface area contributed by atoms with Crippen molar-refractivity contribution < 1.29 is 18.7 Å². The molecule has 1 aromatic heterocycles. The van der Waals surface area contributed by atoms with Crippen LogP contribution in [0.25, 0.3) is 10.4 Å². The maximum Gasteiger partial charge on any atom is 0.330 e. The van der Waals surface area contributed by atoms with Crippen molar-refractivity contribution >= 4 is 18.5 Å². The number of unbranched alkanes of at least 4 members (excludes halogenated alkanes) is 13. The number of aromatic amines is 1. The Morgan fingerprint density at radius 3 is 2.21 bits per heavy atom. The fourth-order valence-electron chi connectivity index (χ4n) is 4.71. The summed E-state index contributed by atoms with van der Waals surface area (Å²) in [5.41, 5.74) is 8.17. The molecule has 11 nitrogen and oxygen atoms in total. The quantitative estimate of drug-likeness (QED) is 0.0544. The van der Waals surface area contributed by atoms with Gasteiger partial charge in [-0.1, -0.05) is 95.5 Å². The Morgan fingerprint density at radius 1 is 1.08 bits per heavy atom. The van der Waals surface area contributed by atoms with E-state index >= 15 is 0 Å². The predicted octanol–water partition coefficient (Wildman–Crippen LogP) is 6.54. The Hall–Kier alpha value is -1.52. The van der Waals surface area contributed by atoms with Crippen molar-refractivity contribution in [1.82, 2.24) is 9.55 Å². The fraction of sp³-hybridized carbons (Fsp3) is 0.846. The highest BCUT2D eigenvalue weighted by Gasteiger charge is 2.37. The molecule has 0 aliphatic carbocycles. The molecule has 4 atom stereocenters. The molecule has 0 amide bonds. The molecule has 1 aromatic rings. The number of azide groups is 1. The summed E-state index contributed by atoms with van der Waals surface area (Å²) in [7, 11) is 0. The van der Waals surface area contributed by atoms with Crippen LogP contribution in [0.2, 0.25) is 0 Å². The molecule has 1 fully saturated rings. The summed E-state index contributed by atoms with van der Waals surface area (Å²) in [5, 5.41) is 3.74. The van der Waals surface area contributed by atoms with Crippen LogP contribution in [0.4, 0.5) is 0 Å². The van der Waals surface area contributed by atoms with Crippen LogP contribution in [0.15, 0.2) is 20.9 Å². The molecule has 222 valence electrons. The number of ether oxygens (including phenoxy) is 1. The van der Waals surface area contributed by atoms with E-state index in [0.717, 1.165) is 19.3 Å². The van der Waals surface area contributed by atoms with E-state index in [9.17, 15) is 14.5 Å². The van der Waals surface area contributed by atoms with E-state index in [1.807, 2.05) is 0 Å². The highest BCUT2D eigenvalue weighted by Crippen LogP contribution is 2.45. The van der Waals surface area contributed by atoms with Gasteiger partial charge >= 0.3 is 12.4 Å². The Bertz CT molecular complexity index is 1060. The van der Waals surface area contributed by atoms with Crippen LogP contribution < -0.4 is 11.2 Å². The van der Waals surface area contributed by atoms with Crippen LogP contribution in [0.5, 0.6) is 0 Å². The van der Waals surface area contributed by atoms with Gasteiger partial charge in [0.1, 0.15) is 6.23 Å². The Morgan fingerprint density at radius 2 is 1.64 bits per heavy atom. The number of hydrogen-bond acceptors (Lipinski definition) is 7. The van der Waals surface area contributed by atoms with Gasteiger partial charge in [0.05, 0.1) is 25.4 Å². The maximum atomic E-state index is 12.2. The van der Waals surface area contributed by atoms with Crippen molar-refractivity contribution in [3.63, 3.8) is 0 Å².